The van der Waals surface area contributed by atoms with Crippen molar-refractivity contribution in [3.8, 4) is 10.6 Å². The Morgan fingerprint density at radius 3 is 2.90 bits per heavy atom. The second-order valence-electron chi connectivity index (χ2n) is 7.36. The number of nitrogens with zero attached hydrogens (tertiary/aromatic N) is 3. The molecule has 3 aromatic heterocycles. The number of hydrogen-bond donors (Lipinski definition) is 2. The van der Waals surface area contributed by atoms with Crippen LogP contribution in [-0.4, -0.2) is 40.3 Å². The van der Waals surface area contributed by atoms with E-state index < -0.39 is 0 Å². The zero-order chi connectivity index (χ0) is 18.8. The number of nitrogens with one attached hydrogen (secondary N) is 2. The van der Waals surface area contributed by atoms with Crippen LogP contribution in [0, 0.1) is 5.92 Å². The lowest BCUT2D eigenvalue weighted by Crippen LogP contribution is -2.26. The molecule has 4 rings (SSSR count). The van der Waals surface area contributed by atoms with Crippen molar-refractivity contribution >= 4 is 53.1 Å². The summed E-state index contributed by atoms with van der Waals surface area (Å²) in [5.74, 6) is 0.614. The Balaban J connectivity index is 0.00000150. The zero-order valence-corrected chi connectivity index (χ0v) is 19.0. The molecule has 1 saturated heterocycles. The molecule has 0 spiro atoms. The first kappa shape index (κ1) is 23.6. The van der Waals surface area contributed by atoms with Gasteiger partial charge in [0.05, 0.1) is 27.7 Å². The van der Waals surface area contributed by atoms with E-state index in [4.69, 9.17) is 4.98 Å². The van der Waals surface area contributed by atoms with E-state index in [1.165, 1.54) is 6.42 Å². The van der Waals surface area contributed by atoms with Gasteiger partial charge in [0, 0.05) is 12.6 Å². The van der Waals surface area contributed by atoms with Crippen LogP contribution in [0.2, 0.25) is 0 Å². The molecule has 158 valence electrons. The third-order valence-electron chi connectivity index (χ3n) is 5.07. The zero-order valence-electron chi connectivity index (χ0n) is 16.6. The summed E-state index contributed by atoms with van der Waals surface area (Å²) in [5, 5.41) is 13.8. The molecule has 9 heteroatoms. The van der Waals surface area contributed by atoms with Crippen LogP contribution in [-0.2, 0) is 0 Å². The Kier molecular flexibility index (Phi) is 8.46. The summed E-state index contributed by atoms with van der Waals surface area (Å²) in [6, 6.07) is 6.11. The number of carbonyl (C=O) groups excluding carboxylic acids is 1. The highest BCUT2D eigenvalue weighted by atomic mass is 35.5. The summed E-state index contributed by atoms with van der Waals surface area (Å²) in [6.07, 6.45) is 3.96. The summed E-state index contributed by atoms with van der Waals surface area (Å²) in [7, 11) is 0. The van der Waals surface area contributed by atoms with Gasteiger partial charge in [0.2, 0.25) is 0 Å². The fourth-order valence-corrected chi connectivity index (χ4v) is 4.27. The van der Waals surface area contributed by atoms with Crippen LogP contribution >= 0.6 is 36.2 Å². The van der Waals surface area contributed by atoms with Gasteiger partial charge in [-0.25, -0.2) is 9.67 Å². The van der Waals surface area contributed by atoms with Crippen molar-refractivity contribution in [2.24, 2.45) is 5.92 Å². The molecule has 0 saturated carbocycles. The maximum Gasteiger partial charge on any atom is 0.252 e. The van der Waals surface area contributed by atoms with Crippen LogP contribution in [0.5, 0.6) is 0 Å². The van der Waals surface area contributed by atoms with E-state index in [-0.39, 0.29) is 36.8 Å². The SMILES string of the molecule is CC(C)n1ncc2c(C(=O)NCCC3CCNC3)cc(-c3cccs3)nc21.Cl.Cl. The van der Waals surface area contributed by atoms with Crippen molar-refractivity contribution < 1.29 is 4.79 Å². The first-order valence-electron chi connectivity index (χ1n) is 9.54. The fraction of sp³-hybridized carbons (Fsp3) is 0.450. The summed E-state index contributed by atoms with van der Waals surface area (Å²) in [6.45, 7) is 6.98. The molecule has 0 bridgehead atoms. The van der Waals surface area contributed by atoms with Gasteiger partial charge in [0.1, 0.15) is 0 Å². The smallest absolute Gasteiger partial charge is 0.252 e. The van der Waals surface area contributed by atoms with Gasteiger partial charge in [-0.15, -0.1) is 36.2 Å². The van der Waals surface area contributed by atoms with Crippen molar-refractivity contribution in [1.29, 1.82) is 0 Å². The summed E-state index contributed by atoms with van der Waals surface area (Å²) in [5.41, 5.74) is 2.24. The minimum absolute atomic E-state index is 0. The molecule has 0 aromatic carbocycles. The Bertz CT molecular complexity index is 936. The fourth-order valence-electron chi connectivity index (χ4n) is 3.58. The maximum absolute atomic E-state index is 12.9. The van der Waals surface area contributed by atoms with Crippen LogP contribution < -0.4 is 10.6 Å². The molecular weight excluding hydrogens is 429 g/mol. The monoisotopic (exact) mass is 455 g/mol. The number of carbonyl (C=O) groups is 1. The second-order valence-corrected chi connectivity index (χ2v) is 8.30. The quantitative estimate of drug-likeness (QED) is 0.580. The molecule has 1 amide bonds. The highest BCUT2D eigenvalue weighted by Crippen LogP contribution is 2.28. The predicted molar refractivity (Wildman–Crippen MR) is 124 cm³/mol. The molecule has 0 aliphatic carbocycles. The number of amides is 1. The average Bonchev–Trinajstić information content (AvgIpc) is 3.40. The lowest BCUT2D eigenvalue weighted by molar-refractivity contribution is 0.0953. The molecule has 1 aliphatic heterocycles. The summed E-state index contributed by atoms with van der Waals surface area (Å²) < 4.78 is 1.88. The Labute approximate surface area is 187 Å². The largest absolute Gasteiger partial charge is 0.352 e. The number of halogens is 2. The number of pyridine rings is 1. The Morgan fingerprint density at radius 1 is 1.41 bits per heavy atom. The maximum atomic E-state index is 12.9. The molecule has 3 aromatic rings. The van der Waals surface area contributed by atoms with Gasteiger partial charge in [-0.1, -0.05) is 6.07 Å². The first-order valence-corrected chi connectivity index (χ1v) is 10.4. The van der Waals surface area contributed by atoms with Gasteiger partial charge in [-0.2, -0.15) is 5.10 Å². The minimum atomic E-state index is -0.0468. The number of hydrogen-bond acceptors (Lipinski definition) is 5. The number of fused-ring (bicyclic) bond motifs is 1. The number of thiophene rings is 1. The van der Waals surface area contributed by atoms with Gasteiger partial charge in [-0.3, -0.25) is 4.79 Å². The molecule has 29 heavy (non-hydrogen) atoms. The van der Waals surface area contributed by atoms with Gasteiger partial charge in [-0.05, 0) is 63.2 Å². The van der Waals surface area contributed by atoms with Crippen LogP contribution in [0.3, 0.4) is 0 Å². The normalized spacial score (nSPS) is 15.9. The van der Waals surface area contributed by atoms with Crippen LogP contribution in [0.25, 0.3) is 21.6 Å². The third-order valence-corrected chi connectivity index (χ3v) is 5.97. The standard InChI is InChI=1S/C20H25N5OS.2ClH/c1-13(2)25-19-16(12-23-25)15(10-17(24-19)18-4-3-9-27-18)20(26)22-8-6-14-5-7-21-11-14;;/h3-4,9-10,12-14,21H,5-8,11H2,1-2H3,(H,22,26);2*1H. The van der Waals surface area contributed by atoms with E-state index in [0.717, 1.165) is 41.1 Å². The van der Waals surface area contributed by atoms with Gasteiger partial charge in [0.15, 0.2) is 5.65 Å². The van der Waals surface area contributed by atoms with Gasteiger partial charge < -0.3 is 10.6 Å². The molecule has 1 fully saturated rings. The molecule has 4 heterocycles. The highest BCUT2D eigenvalue weighted by Gasteiger charge is 2.19. The van der Waals surface area contributed by atoms with E-state index in [2.05, 4.69) is 29.6 Å². The van der Waals surface area contributed by atoms with E-state index in [1.807, 2.05) is 28.3 Å². The molecule has 0 radical (unpaired) electrons. The third kappa shape index (κ3) is 5.09. The lowest BCUT2D eigenvalue weighted by Gasteiger charge is -2.12. The van der Waals surface area contributed by atoms with Crippen LogP contribution in [0.4, 0.5) is 0 Å². The van der Waals surface area contributed by atoms with Crippen molar-refractivity contribution in [2.45, 2.75) is 32.7 Å². The van der Waals surface area contributed by atoms with E-state index in [0.29, 0.717) is 18.0 Å². The van der Waals surface area contributed by atoms with Crippen molar-refractivity contribution in [1.82, 2.24) is 25.4 Å². The molecule has 2 N–H and O–H groups in total. The van der Waals surface area contributed by atoms with Crippen molar-refractivity contribution in [3.05, 3.63) is 35.3 Å². The van der Waals surface area contributed by atoms with E-state index in [9.17, 15) is 4.79 Å². The minimum Gasteiger partial charge on any atom is -0.352 e. The topological polar surface area (TPSA) is 71.8 Å². The Morgan fingerprint density at radius 2 is 2.24 bits per heavy atom. The summed E-state index contributed by atoms with van der Waals surface area (Å²) in [4.78, 5) is 18.8. The molecule has 1 aliphatic rings. The molecule has 1 atom stereocenters. The molecule has 6 nitrogen and oxygen atoms in total. The predicted octanol–water partition coefficient (Wildman–Crippen LogP) is 4.31. The highest BCUT2D eigenvalue weighted by molar-refractivity contribution is 7.13. The van der Waals surface area contributed by atoms with E-state index in [1.54, 1.807) is 17.5 Å². The van der Waals surface area contributed by atoms with Crippen LogP contribution in [0.1, 0.15) is 43.1 Å². The Hall–Kier alpha value is -1.67. The van der Waals surface area contributed by atoms with Crippen molar-refractivity contribution in [3.63, 3.8) is 0 Å². The van der Waals surface area contributed by atoms with Gasteiger partial charge in [0.25, 0.3) is 5.91 Å². The molecule has 1 unspecified atom stereocenters. The number of rotatable bonds is 6. The van der Waals surface area contributed by atoms with E-state index >= 15 is 0 Å². The number of aromatic nitrogens is 3. The second kappa shape index (κ2) is 10.4. The first-order chi connectivity index (χ1) is 13.1. The van der Waals surface area contributed by atoms with Crippen molar-refractivity contribution in [2.75, 3.05) is 19.6 Å². The van der Waals surface area contributed by atoms with Gasteiger partial charge >= 0.3 is 0 Å². The van der Waals surface area contributed by atoms with Crippen LogP contribution in [0.15, 0.2) is 29.8 Å². The average molecular weight is 456 g/mol. The summed E-state index contributed by atoms with van der Waals surface area (Å²) >= 11 is 1.63. The lowest BCUT2D eigenvalue weighted by atomic mass is 10.0. The molecular formula is C20H27Cl2N5OS.